The third-order valence-electron chi connectivity index (χ3n) is 6.96. The quantitative estimate of drug-likeness (QED) is 0.287. The van der Waals surface area contributed by atoms with Crippen molar-refractivity contribution in [1.82, 2.24) is 0 Å². The molecule has 1 N–H and O–H groups in total. The van der Waals surface area contributed by atoms with E-state index in [2.05, 4.69) is 9.80 Å². The van der Waals surface area contributed by atoms with E-state index in [1.165, 1.54) is 6.07 Å². The summed E-state index contributed by atoms with van der Waals surface area (Å²) in [5.41, 5.74) is 3.28. The molecule has 1 heterocycles. The van der Waals surface area contributed by atoms with Crippen LogP contribution in [0, 0.1) is 0 Å². The van der Waals surface area contributed by atoms with Gasteiger partial charge in [-0.05, 0) is 57.5 Å². The van der Waals surface area contributed by atoms with Crippen LogP contribution in [-0.4, -0.2) is 52.1 Å². The maximum absolute atomic E-state index is 12.5. The van der Waals surface area contributed by atoms with Crippen LogP contribution in [0.25, 0.3) is 0 Å². The van der Waals surface area contributed by atoms with Crippen LogP contribution in [0.15, 0.2) is 64.4 Å². The van der Waals surface area contributed by atoms with Crippen molar-refractivity contribution in [3.8, 4) is 11.5 Å². The van der Waals surface area contributed by atoms with Gasteiger partial charge in [-0.3, -0.25) is 4.55 Å². The van der Waals surface area contributed by atoms with E-state index in [4.69, 9.17) is 4.74 Å². The maximum atomic E-state index is 12.5. The van der Waals surface area contributed by atoms with Crippen molar-refractivity contribution in [2.24, 2.45) is 0 Å². The molecule has 38 heavy (non-hydrogen) atoms. The minimum absolute atomic E-state index is 0.136. The Balaban J connectivity index is 2.01. The van der Waals surface area contributed by atoms with Gasteiger partial charge in [0, 0.05) is 66.7 Å². The van der Waals surface area contributed by atoms with Crippen molar-refractivity contribution in [1.29, 1.82) is 0 Å². The summed E-state index contributed by atoms with van der Waals surface area (Å²) < 4.78 is 76.3. The van der Waals surface area contributed by atoms with Crippen LogP contribution >= 0.6 is 0 Å². The normalized spacial score (nSPS) is 13.4. The molecule has 0 atom stereocenters. The summed E-state index contributed by atoms with van der Waals surface area (Å²) >= 11 is 0. The Morgan fingerprint density at radius 3 is 1.58 bits per heavy atom. The van der Waals surface area contributed by atoms with Gasteiger partial charge in [0.05, 0.1) is 9.79 Å². The molecule has 0 bridgehead atoms. The number of anilines is 2. The first-order chi connectivity index (χ1) is 17.9. The number of hydrogen-bond donors (Lipinski definition) is 1. The van der Waals surface area contributed by atoms with Crippen molar-refractivity contribution in [3.05, 3.63) is 71.3 Å². The van der Waals surface area contributed by atoms with E-state index in [0.29, 0.717) is 22.6 Å². The molecule has 0 amide bonds. The zero-order chi connectivity index (χ0) is 27.8. The Morgan fingerprint density at radius 2 is 1.18 bits per heavy atom. The monoisotopic (exact) mass is 559 g/mol. The van der Waals surface area contributed by atoms with E-state index < -0.39 is 35.9 Å². The van der Waals surface area contributed by atoms with Gasteiger partial charge in [0.1, 0.15) is 21.6 Å². The van der Waals surface area contributed by atoms with Gasteiger partial charge < -0.3 is 19.1 Å². The Bertz CT molecular complexity index is 1500. The lowest BCUT2D eigenvalue weighted by atomic mass is 9.82. The first kappa shape index (κ1) is 27.9. The van der Waals surface area contributed by atoms with Crippen LogP contribution in [0.5, 0.6) is 11.5 Å². The fourth-order valence-corrected chi connectivity index (χ4v) is 6.36. The molecular formula is C27H31N2O7S2-. The standard InChI is InChI=1S/C27H32N2O7S2/c1-5-28(6-2)18-9-12-21-24(15-18)36-25-16-19(29(7-3)8-4)10-13-22(25)27(21)23-14-11-20(37(30,31)32)17-26(23)38(33,34)35/h9-17,27H,5-8H2,1-4H3,(H,30,31,32)(H,33,34,35)/p-1. The Kier molecular flexibility index (Phi) is 7.76. The minimum atomic E-state index is -4.96. The number of fused-ring (bicyclic) bond motifs is 2. The highest BCUT2D eigenvalue weighted by Gasteiger charge is 2.34. The van der Waals surface area contributed by atoms with E-state index in [0.717, 1.165) is 49.7 Å². The van der Waals surface area contributed by atoms with Crippen LogP contribution < -0.4 is 14.5 Å². The van der Waals surface area contributed by atoms with Gasteiger partial charge in [-0.1, -0.05) is 18.2 Å². The average Bonchev–Trinajstić information content (AvgIpc) is 2.87. The molecule has 0 saturated heterocycles. The molecule has 0 radical (unpaired) electrons. The summed E-state index contributed by atoms with van der Waals surface area (Å²) in [6, 6.07) is 14.4. The molecule has 3 aromatic rings. The third-order valence-corrected chi connectivity index (χ3v) is 8.70. The molecule has 3 aromatic carbocycles. The number of ether oxygens (including phenoxy) is 1. The van der Waals surface area contributed by atoms with Gasteiger partial charge in [-0.25, -0.2) is 8.42 Å². The van der Waals surface area contributed by atoms with Crippen molar-refractivity contribution in [2.45, 2.75) is 43.4 Å². The summed E-state index contributed by atoms with van der Waals surface area (Å²) in [6.45, 7) is 11.3. The van der Waals surface area contributed by atoms with Gasteiger partial charge in [-0.15, -0.1) is 0 Å². The fraction of sp³-hybridized carbons (Fsp3) is 0.333. The molecule has 9 nitrogen and oxygen atoms in total. The number of rotatable bonds is 9. The van der Waals surface area contributed by atoms with Gasteiger partial charge >= 0.3 is 0 Å². The lowest BCUT2D eigenvalue weighted by Crippen LogP contribution is -2.23. The predicted molar refractivity (Wildman–Crippen MR) is 145 cm³/mol. The van der Waals surface area contributed by atoms with E-state index in [-0.39, 0.29) is 5.56 Å². The van der Waals surface area contributed by atoms with Crippen LogP contribution in [0.4, 0.5) is 11.4 Å². The summed E-state index contributed by atoms with van der Waals surface area (Å²) in [6.07, 6.45) is 0. The molecule has 0 aliphatic carbocycles. The van der Waals surface area contributed by atoms with E-state index in [1.54, 1.807) is 0 Å². The number of hydrogen-bond acceptors (Lipinski definition) is 8. The second-order valence-electron chi connectivity index (χ2n) is 8.95. The second-order valence-corrected chi connectivity index (χ2v) is 11.7. The Morgan fingerprint density at radius 1 is 0.737 bits per heavy atom. The molecule has 1 aliphatic rings. The smallest absolute Gasteiger partial charge is 0.294 e. The predicted octanol–water partition coefficient (Wildman–Crippen LogP) is 4.82. The lowest BCUT2D eigenvalue weighted by Gasteiger charge is -2.32. The first-order valence-electron chi connectivity index (χ1n) is 12.5. The molecule has 11 heteroatoms. The molecule has 0 fully saturated rings. The van der Waals surface area contributed by atoms with E-state index in [1.807, 2.05) is 64.1 Å². The topological polar surface area (TPSA) is 127 Å². The van der Waals surface area contributed by atoms with Crippen LogP contribution in [-0.2, 0) is 20.2 Å². The largest absolute Gasteiger partial charge is 0.744 e. The van der Waals surface area contributed by atoms with E-state index in [9.17, 15) is 25.9 Å². The zero-order valence-corrected chi connectivity index (χ0v) is 23.3. The molecule has 0 spiro atoms. The second kappa shape index (κ2) is 10.6. The molecule has 1 aliphatic heterocycles. The molecule has 0 aromatic heterocycles. The summed E-state index contributed by atoms with van der Waals surface area (Å²) in [5.74, 6) is 0.321. The van der Waals surface area contributed by atoms with Crippen molar-refractivity contribution in [2.75, 3.05) is 36.0 Å². The van der Waals surface area contributed by atoms with Crippen molar-refractivity contribution in [3.63, 3.8) is 0 Å². The highest BCUT2D eigenvalue weighted by molar-refractivity contribution is 7.86. The van der Waals surface area contributed by atoms with Crippen molar-refractivity contribution < 1.29 is 30.7 Å². The van der Waals surface area contributed by atoms with Gasteiger partial charge in [-0.2, -0.15) is 8.42 Å². The summed E-state index contributed by atoms with van der Waals surface area (Å²) in [7, 11) is -9.85. The first-order valence-corrected chi connectivity index (χ1v) is 15.3. The third kappa shape index (κ3) is 5.24. The number of benzene rings is 3. The molecule has 0 saturated carbocycles. The van der Waals surface area contributed by atoms with Crippen LogP contribution in [0.3, 0.4) is 0 Å². The van der Waals surface area contributed by atoms with Crippen LogP contribution in [0.2, 0.25) is 0 Å². The highest BCUT2D eigenvalue weighted by atomic mass is 32.2. The zero-order valence-electron chi connectivity index (χ0n) is 21.7. The molecule has 4 rings (SSSR count). The molecular weight excluding hydrogens is 528 g/mol. The Labute approximate surface area is 224 Å². The number of nitrogens with zero attached hydrogens (tertiary/aromatic N) is 2. The van der Waals surface area contributed by atoms with Gasteiger partial charge in [0.2, 0.25) is 0 Å². The SMILES string of the molecule is CCN(CC)c1ccc2c(c1)Oc1cc(N(CC)CC)ccc1C2c1ccc(S(=O)(=O)[O-])cc1S(=O)(=O)O. The van der Waals surface area contributed by atoms with E-state index >= 15 is 0 Å². The maximum Gasteiger partial charge on any atom is 0.294 e. The van der Waals surface area contributed by atoms with Gasteiger partial charge in [0.15, 0.2) is 0 Å². The molecule has 204 valence electrons. The average molecular weight is 560 g/mol. The van der Waals surface area contributed by atoms with Crippen molar-refractivity contribution >= 4 is 31.6 Å². The Hall–Kier alpha value is -3.12. The minimum Gasteiger partial charge on any atom is -0.744 e. The lowest BCUT2D eigenvalue weighted by molar-refractivity contribution is 0.450. The summed E-state index contributed by atoms with van der Waals surface area (Å²) in [5, 5.41) is 0. The molecule has 0 unspecified atom stereocenters. The summed E-state index contributed by atoms with van der Waals surface area (Å²) in [4.78, 5) is 2.92. The van der Waals surface area contributed by atoms with Crippen LogP contribution in [0.1, 0.15) is 50.3 Å². The highest BCUT2D eigenvalue weighted by Crippen LogP contribution is 2.50. The van der Waals surface area contributed by atoms with Gasteiger partial charge in [0.25, 0.3) is 10.1 Å². The fourth-order valence-electron chi connectivity index (χ4n) is 5.02.